The summed E-state index contributed by atoms with van der Waals surface area (Å²) < 4.78 is 39.1. The molecule has 0 spiro atoms. The van der Waals surface area contributed by atoms with Crippen LogP contribution in [0, 0.1) is 0 Å². The number of carbonyl (C=O) groups is 1. The Labute approximate surface area is 127 Å². The number of alkyl halides is 3. The van der Waals surface area contributed by atoms with Crippen LogP contribution in [0.4, 0.5) is 18.0 Å². The fourth-order valence-electron chi connectivity index (χ4n) is 2.09. The van der Waals surface area contributed by atoms with Crippen LogP contribution in [0.5, 0.6) is 0 Å². The number of rotatable bonds is 6. The van der Waals surface area contributed by atoms with Gasteiger partial charge in [0.05, 0.1) is 5.56 Å². The average Bonchev–Trinajstić information content (AvgIpc) is 2.45. The number of hydrogen-bond donors (Lipinski definition) is 3. The third kappa shape index (κ3) is 5.22. The Bertz CT molecular complexity index is 492. The van der Waals surface area contributed by atoms with Crippen molar-refractivity contribution in [3.8, 4) is 0 Å². The van der Waals surface area contributed by atoms with Crippen LogP contribution in [0.25, 0.3) is 0 Å². The van der Waals surface area contributed by atoms with Gasteiger partial charge in [-0.05, 0) is 25.0 Å². The zero-order valence-corrected chi connectivity index (χ0v) is 12.6. The minimum absolute atomic E-state index is 0.0365. The van der Waals surface area contributed by atoms with Gasteiger partial charge in [0.2, 0.25) is 0 Å². The Morgan fingerprint density at radius 1 is 1.27 bits per heavy atom. The topological polar surface area (TPSA) is 61.4 Å². The molecule has 0 aliphatic rings. The van der Waals surface area contributed by atoms with Crippen LogP contribution in [0.15, 0.2) is 24.3 Å². The lowest BCUT2D eigenvalue weighted by atomic mass is 9.90. The highest BCUT2D eigenvalue weighted by molar-refractivity contribution is 5.74. The highest BCUT2D eigenvalue weighted by atomic mass is 19.4. The minimum atomic E-state index is -4.42. The van der Waals surface area contributed by atoms with E-state index in [9.17, 15) is 18.0 Å². The van der Waals surface area contributed by atoms with E-state index in [4.69, 9.17) is 5.11 Å². The fraction of sp³-hybridized carbons (Fsp3) is 0.533. The van der Waals surface area contributed by atoms with Crippen molar-refractivity contribution in [3.05, 3.63) is 35.4 Å². The van der Waals surface area contributed by atoms with Crippen molar-refractivity contribution >= 4 is 6.03 Å². The van der Waals surface area contributed by atoms with Gasteiger partial charge in [-0.2, -0.15) is 13.2 Å². The summed E-state index contributed by atoms with van der Waals surface area (Å²) >= 11 is 0. The number of hydrogen-bond acceptors (Lipinski definition) is 2. The van der Waals surface area contributed by atoms with Gasteiger partial charge >= 0.3 is 12.2 Å². The zero-order chi connectivity index (χ0) is 16.8. The molecule has 0 aliphatic carbocycles. The lowest BCUT2D eigenvalue weighted by Gasteiger charge is -2.24. The molecular weight excluding hydrogens is 297 g/mol. The van der Waals surface area contributed by atoms with Gasteiger partial charge in [0.15, 0.2) is 0 Å². The van der Waals surface area contributed by atoms with Gasteiger partial charge in [-0.3, -0.25) is 0 Å². The first kappa shape index (κ1) is 18.3. The molecule has 0 saturated heterocycles. The molecule has 7 heteroatoms. The maximum absolute atomic E-state index is 13.0. The third-order valence-corrected chi connectivity index (χ3v) is 3.49. The van der Waals surface area contributed by atoms with Crippen molar-refractivity contribution in [2.75, 3.05) is 13.2 Å². The second kappa shape index (κ2) is 8.03. The smallest absolute Gasteiger partial charge is 0.396 e. The molecule has 1 rings (SSSR count). The summed E-state index contributed by atoms with van der Waals surface area (Å²) in [7, 11) is 0. The first-order valence-corrected chi connectivity index (χ1v) is 7.08. The summed E-state index contributed by atoms with van der Waals surface area (Å²) in [5.74, 6) is -0.499. The number of nitrogens with one attached hydrogen (secondary N) is 2. The predicted molar refractivity (Wildman–Crippen MR) is 77.6 cm³/mol. The molecule has 1 aromatic carbocycles. The molecule has 0 radical (unpaired) electrons. The van der Waals surface area contributed by atoms with Crippen LogP contribution in [0.3, 0.4) is 0 Å². The molecule has 0 heterocycles. The second-order valence-corrected chi connectivity index (χ2v) is 5.14. The Morgan fingerprint density at radius 3 is 2.50 bits per heavy atom. The summed E-state index contributed by atoms with van der Waals surface area (Å²) in [6.07, 6.45) is -4.00. The van der Waals surface area contributed by atoms with Gasteiger partial charge in [-0.1, -0.05) is 25.1 Å². The normalized spacial score (nSPS) is 14.3. The molecule has 0 fully saturated rings. The molecule has 4 nitrogen and oxygen atoms in total. The van der Waals surface area contributed by atoms with Gasteiger partial charge in [-0.15, -0.1) is 0 Å². The number of halogens is 3. The molecule has 124 valence electrons. The number of amides is 2. The molecule has 2 unspecified atom stereocenters. The van der Waals surface area contributed by atoms with Crippen molar-refractivity contribution < 1.29 is 23.1 Å². The van der Waals surface area contributed by atoms with Crippen LogP contribution < -0.4 is 10.6 Å². The van der Waals surface area contributed by atoms with Crippen LogP contribution in [-0.2, 0) is 6.18 Å². The van der Waals surface area contributed by atoms with E-state index in [0.717, 1.165) is 6.07 Å². The molecule has 0 saturated carbocycles. The molecule has 3 N–H and O–H groups in total. The molecular formula is C15H21F3N2O2. The van der Waals surface area contributed by atoms with Crippen LogP contribution in [-0.4, -0.2) is 30.3 Å². The molecule has 0 aromatic heterocycles. The van der Waals surface area contributed by atoms with E-state index in [1.54, 1.807) is 19.9 Å². The molecule has 22 heavy (non-hydrogen) atoms. The molecule has 1 aromatic rings. The van der Waals surface area contributed by atoms with E-state index < -0.39 is 29.7 Å². The van der Waals surface area contributed by atoms with E-state index in [1.807, 2.05) is 0 Å². The number of carbonyl (C=O) groups excluding carboxylic acids is 1. The van der Waals surface area contributed by atoms with Gasteiger partial charge in [0.25, 0.3) is 0 Å². The maximum atomic E-state index is 13.0. The second-order valence-electron chi connectivity index (χ2n) is 5.14. The Hall–Kier alpha value is -1.76. The highest BCUT2D eigenvalue weighted by Crippen LogP contribution is 2.35. The van der Waals surface area contributed by atoms with E-state index in [0.29, 0.717) is 13.0 Å². The highest BCUT2D eigenvalue weighted by Gasteiger charge is 2.35. The van der Waals surface area contributed by atoms with Crippen molar-refractivity contribution in [1.82, 2.24) is 10.6 Å². The quantitative estimate of drug-likeness (QED) is 0.706. The summed E-state index contributed by atoms with van der Waals surface area (Å²) in [6, 6.07) is 4.43. The molecule has 2 amide bonds. The summed E-state index contributed by atoms with van der Waals surface area (Å²) in [5.41, 5.74) is -0.532. The summed E-state index contributed by atoms with van der Waals surface area (Å²) in [6.45, 7) is 3.57. The Morgan fingerprint density at radius 2 is 1.91 bits per heavy atom. The van der Waals surface area contributed by atoms with Gasteiger partial charge in [-0.25, -0.2) is 4.79 Å². The van der Waals surface area contributed by atoms with E-state index in [-0.39, 0.29) is 12.2 Å². The molecule has 2 atom stereocenters. The van der Waals surface area contributed by atoms with Gasteiger partial charge in [0, 0.05) is 25.1 Å². The van der Waals surface area contributed by atoms with Crippen LogP contribution in [0.1, 0.15) is 37.3 Å². The van der Waals surface area contributed by atoms with Crippen LogP contribution >= 0.6 is 0 Å². The Kier molecular flexibility index (Phi) is 6.67. The number of aliphatic hydroxyl groups excluding tert-OH is 1. The van der Waals surface area contributed by atoms with Gasteiger partial charge in [0.1, 0.15) is 0 Å². The van der Waals surface area contributed by atoms with Crippen molar-refractivity contribution in [1.29, 1.82) is 0 Å². The third-order valence-electron chi connectivity index (χ3n) is 3.49. The first-order chi connectivity index (χ1) is 10.3. The van der Waals surface area contributed by atoms with E-state index in [2.05, 4.69) is 10.6 Å². The number of aliphatic hydroxyl groups is 1. The number of benzene rings is 1. The van der Waals surface area contributed by atoms with Crippen molar-refractivity contribution in [3.63, 3.8) is 0 Å². The van der Waals surface area contributed by atoms with Crippen molar-refractivity contribution in [2.45, 2.75) is 38.4 Å². The lowest BCUT2D eigenvalue weighted by Crippen LogP contribution is -2.43. The lowest BCUT2D eigenvalue weighted by molar-refractivity contribution is -0.138. The zero-order valence-electron chi connectivity index (χ0n) is 12.6. The SMILES string of the molecule is CC(NC(=O)NCCCO)C(C)c1ccccc1C(F)(F)F. The molecule has 0 aliphatic heterocycles. The Balaban J connectivity index is 2.75. The number of urea groups is 1. The van der Waals surface area contributed by atoms with Crippen molar-refractivity contribution in [2.24, 2.45) is 0 Å². The standard InChI is InChI=1S/C15H21F3N2O2/c1-10(11(2)20-14(22)19-8-5-9-21)12-6-3-4-7-13(12)15(16,17)18/h3-4,6-7,10-11,21H,5,8-9H2,1-2H3,(H2,19,20,22). The average molecular weight is 318 g/mol. The maximum Gasteiger partial charge on any atom is 0.416 e. The summed E-state index contributed by atoms with van der Waals surface area (Å²) in [4.78, 5) is 11.6. The van der Waals surface area contributed by atoms with Crippen LogP contribution in [0.2, 0.25) is 0 Å². The fourth-order valence-corrected chi connectivity index (χ4v) is 2.09. The van der Waals surface area contributed by atoms with E-state index >= 15 is 0 Å². The molecule has 0 bridgehead atoms. The largest absolute Gasteiger partial charge is 0.416 e. The van der Waals surface area contributed by atoms with E-state index in [1.165, 1.54) is 12.1 Å². The first-order valence-electron chi connectivity index (χ1n) is 7.08. The minimum Gasteiger partial charge on any atom is -0.396 e. The predicted octanol–water partition coefficient (Wildman–Crippen LogP) is 2.88. The monoisotopic (exact) mass is 318 g/mol. The van der Waals surface area contributed by atoms with Gasteiger partial charge < -0.3 is 15.7 Å². The summed E-state index contributed by atoms with van der Waals surface area (Å²) in [5, 5.41) is 13.8.